The molecule has 0 unspecified atom stereocenters. The van der Waals surface area contributed by atoms with Crippen LogP contribution in [0.15, 0.2) is 40.5 Å². The van der Waals surface area contributed by atoms with Gasteiger partial charge in [-0.2, -0.15) is 11.8 Å². The van der Waals surface area contributed by atoms with Gasteiger partial charge in [-0.05, 0) is 31.2 Å². The molecular weight excluding hydrogens is 382 g/mol. The number of nitrogens with zero attached hydrogens (tertiary/aromatic N) is 2. The monoisotopic (exact) mass is 401 g/mol. The van der Waals surface area contributed by atoms with E-state index in [2.05, 4.69) is 25.0 Å². The van der Waals surface area contributed by atoms with Gasteiger partial charge in [0, 0.05) is 29.3 Å². The summed E-state index contributed by atoms with van der Waals surface area (Å²) >= 11 is 7.48. The Morgan fingerprint density at radius 2 is 2.08 bits per heavy atom. The fourth-order valence-corrected chi connectivity index (χ4v) is 3.91. The standard InChI is InChI=1S/C15H20ClN5O2S2/c1-11-14(20-10-19-11)9-24-8-7-18-15(17-2)21-25(22,23)13-5-3-12(16)4-6-13/h3-6,10H,7-9H2,1-2H3,(H,19,20)(H2,17,18,21). The molecule has 0 spiro atoms. The van der Waals surface area contributed by atoms with E-state index >= 15 is 0 Å². The summed E-state index contributed by atoms with van der Waals surface area (Å²) in [7, 11) is -2.08. The molecule has 7 nitrogen and oxygen atoms in total. The Morgan fingerprint density at radius 3 is 2.68 bits per heavy atom. The number of thioether (sulfide) groups is 1. The van der Waals surface area contributed by atoms with Gasteiger partial charge in [0.05, 0.1) is 23.5 Å². The second-order valence-corrected chi connectivity index (χ2v) is 8.28. The summed E-state index contributed by atoms with van der Waals surface area (Å²) in [5.41, 5.74) is 2.08. The third kappa shape index (κ3) is 5.94. The minimum Gasteiger partial charge on any atom is -0.359 e. The van der Waals surface area contributed by atoms with Crippen molar-refractivity contribution in [3.8, 4) is 0 Å². The number of nitrogens with one attached hydrogen (secondary N) is 3. The minimum absolute atomic E-state index is 0.129. The Kier molecular flexibility index (Phi) is 7.15. The molecule has 0 bridgehead atoms. The van der Waals surface area contributed by atoms with Gasteiger partial charge in [-0.15, -0.1) is 0 Å². The number of aliphatic imine (C=N–C) groups is 1. The van der Waals surface area contributed by atoms with E-state index in [-0.39, 0.29) is 10.9 Å². The maximum Gasteiger partial charge on any atom is 0.264 e. The molecule has 0 saturated heterocycles. The van der Waals surface area contributed by atoms with Crippen molar-refractivity contribution in [1.29, 1.82) is 0 Å². The zero-order chi connectivity index (χ0) is 18.3. The molecule has 136 valence electrons. The van der Waals surface area contributed by atoms with E-state index in [9.17, 15) is 8.42 Å². The number of hydrogen-bond acceptors (Lipinski definition) is 5. The summed E-state index contributed by atoms with van der Waals surface area (Å²) in [5.74, 6) is 1.77. The van der Waals surface area contributed by atoms with E-state index < -0.39 is 10.0 Å². The van der Waals surface area contributed by atoms with Crippen LogP contribution in [-0.4, -0.2) is 43.7 Å². The lowest BCUT2D eigenvalue weighted by Gasteiger charge is -2.10. The summed E-state index contributed by atoms with van der Waals surface area (Å²) in [4.78, 5) is 11.6. The van der Waals surface area contributed by atoms with E-state index in [0.29, 0.717) is 11.6 Å². The predicted molar refractivity (Wildman–Crippen MR) is 103 cm³/mol. The molecule has 1 aromatic heterocycles. The number of H-pyrrole nitrogens is 1. The smallest absolute Gasteiger partial charge is 0.264 e. The lowest BCUT2D eigenvalue weighted by Crippen LogP contribution is -2.39. The number of halogens is 1. The van der Waals surface area contributed by atoms with Crippen LogP contribution in [0.3, 0.4) is 0 Å². The highest BCUT2D eigenvalue weighted by molar-refractivity contribution is 7.98. The predicted octanol–water partition coefficient (Wildman–Crippen LogP) is 2.16. The van der Waals surface area contributed by atoms with Crippen molar-refractivity contribution in [3.05, 3.63) is 47.0 Å². The minimum atomic E-state index is -3.69. The van der Waals surface area contributed by atoms with E-state index in [1.807, 2.05) is 6.92 Å². The number of guanidine groups is 1. The fraction of sp³-hybridized carbons (Fsp3) is 0.333. The lowest BCUT2D eigenvalue weighted by molar-refractivity contribution is 0.591. The van der Waals surface area contributed by atoms with Crippen LogP contribution in [0.25, 0.3) is 0 Å². The van der Waals surface area contributed by atoms with Crippen molar-refractivity contribution in [1.82, 2.24) is 20.0 Å². The van der Waals surface area contributed by atoms with Gasteiger partial charge in [-0.3, -0.25) is 4.99 Å². The van der Waals surface area contributed by atoms with Crippen LogP contribution < -0.4 is 10.0 Å². The number of aromatic nitrogens is 2. The summed E-state index contributed by atoms with van der Waals surface area (Å²) < 4.78 is 27.0. The molecule has 2 aromatic rings. The molecule has 1 aromatic carbocycles. The van der Waals surface area contributed by atoms with Gasteiger partial charge in [0.25, 0.3) is 10.0 Å². The number of imidazole rings is 1. The average molecular weight is 402 g/mol. The Morgan fingerprint density at radius 1 is 1.36 bits per heavy atom. The second-order valence-electron chi connectivity index (χ2n) is 5.06. The lowest BCUT2D eigenvalue weighted by atomic mass is 10.4. The fourth-order valence-electron chi connectivity index (χ4n) is 1.89. The van der Waals surface area contributed by atoms with Crippen LogP contribution in [0.2, 0.25) is 5.02 Å². The highest BCUT2D eigenvalue weighted by Crippen LogP contribution is 2.14. The van der Waals surface area contributed by atoms with E-state index in [4.69, 9.17) is 11.6 Å². The Balaban J connectivity index is 1.87. The first-order valence-corrected chi connectivity index (χ1v) is 10.5. The van der Waals surface area contributed by atoms with Gasteiger partial charge in [0.1, 0.15) is 0 Å². The van der Waals surface area contributed by atoms with Gasteiger partial charge in [-0.25, -0.2) is 18.1 Å². The first-order chi connectivity index (χ1) is 11.9. The number of rotatable bonds is 7. The first kappa shape index (κ1) is 19.6. The molecule has 25 heavy (non-hydrogen) atoms. The van der Waals surface area contributed by atoms with Crippen LogP contribution in [-0.2, 0) is 15.8 Å². The molecule has 1 heterocycles. The molecular formula is C15H20ClN5O2S2. The molecule has 0 atom stereocenters. The molecule has 0 saturated carbocycles. The molecule has 10 heteroatoms. The number of aromatic amines is 1. The molecule has 0 fully saturated rings. The number of sulfonamides is 1. The van der Waals surface area contributed by atoms with E-state index in [1.165, 1.54) is 24.3 Å². The average Bonchev–Trinajstić information content (AvgIpc) is 2.99. The van der Waals surface area contributed by atoms with Crippen molar-refractivity contribution < 1.29 is 8.42 Å². The molecule has 0 aliphatic heterocycles. The van der Waals surface area contributed by atoms with Crippen LogP contribution in [0.5, 0.6) is 0 Å². The molecule has 0 radical (unpaired) electrons. The van der Waals surface area contributed by atoms with E-state index in [1.54, 1.807) is 25.1 Å². The quantitative estimate of drug-likeness (QED) is 0.375. The SMILES string of the molecule is CN/C(=N\CCSCc1[nH]cnc1C)NS(=O)(=O)c1ccc(Cl)cc1. The van der Waals surface area contributed by atoms with Gasteiger partial charge in [-0.1, -0.05) is 11.6 Å². The zero-order valence-electron chi connectivity index (χ0n) is 13.9. The normalized spacial score (nSPS) is 12.2. The largest absolute Gasteiger partial charge is 0.359 e. The highest BCUT2D eigenvalue weighted by atomic mass is 35.5. The van der Waals surface area contributed by atoms with Crippen molar-refractivity contribution in [2.24, 2.45) is 4.99 Å². The maximum atomic E-state index is 12.3. The number of benzene rings is 1. The van der Waals surface area contributed by atoms with Crippen LogP contribution in [0, 0.1) is 6.92 Å². The van der Waals surface area contributed by atoms with Gasteiger partial charge in [0.2, 0.25) is 5.96 Å². The maximum absolute atomic E-state index is 12.3. The summed E-state index contributed by atoms with van der Waals surface area (Å²) in [6.45, 7) is 2.44. The molecule has 2 rings (SSSR count). The van der Waals surface area contributed by atoms with E-state index in [0.717, 1.165) is 22.9 Å². The third-order valence-electron chi connectivity index (χ3n) is 3.28. The number of hydrogen-bond donors (Lipinski definition) is 3. The second kappa shape index (κ2) is 9.12. The zero-order valence-corrected chi connectivity index (χ0v) is 16.3. The van der Waals surface area contributed by atoms with Crippen LogP contribution >= 0.6 is 23.4 Å². The first-order valence-electron chi connectivity index (χ1n) is 7.49. The van der Waals surface area contributed by atoms with Crippen molar-refractivity contribution in [2.75, 3.05) is 19.3 Å². The Hall–Kier alpha value is -1.71. The summed E-state index contributed by atoms with van der Waals surface area (Å²) in [6.07, 6.45) is 1.67. The van der Waals surface area contributed by atoms with Crippen molar-refractivity contribution >= 4 is 39.3 Å². The topological polar surface area (TPSA) is 99.2 Å². The van der Waals surface area contributed by atoms with Crippen molar-refractivity contribution in [2.45, 2.75) is 17.6 Å². The molecule has 0 aliphatic rings. The molecule has 0 aliphatic carbocycles. The van der Waals surface area contributed by atoms with Crippen LogP contribution in [0.4, 0.5) is 0 Å². The van der Waals surface area contributed by atoms with Gasteiger partial charge >= 0.3 is 0 Å². The molecule has 0 amide bonds. The highest BCUT2D eigenvalue weighted by Gasteiger charge is 2.15. The molecule has 3 N–H and O–H groups in total. The Bertz CT molecular complexity index is 819. The van der Waals surface area contributed by atoms with Gasteiger partial charge < -0.3 is 10.3 Å². The van der Waals surface area contributed by atoms with Crippen LogP contribution in [0.1, 0.15) is 11.4 Å². The Labute approximate surface area is 156 Å². The van der Waals surface area contributed by atoms with Gasteiger partial charge in [0.15, 0.2) is 0 Å². The third-order valence-corrected chi connectivity index (χ3v) is 5.85. The summed E-state index contributed by atoms with van der Waals surface area (Å²) in [5, 5.41) is 3.24. The number of aryl methyl sites for hydroxylation is 1. The van der Waals surface area contributed by atoms with Crippen molar-refractivity contribution in [3.63, 3.8) is 0 Å². The summed E-state index contributed by atoms with van der Waals surface area (Å²) in [6, 6.07) is 5.95.